The van der Waals surface area contributed by atoms with Crippen molar-refractivity contribution in [3.63, 3.8) is 0 Å². The quantitative estimate of drug-likeness (QED) is 0.881. The second-order valence-corrected chi connectivity index (χ2v) is 6.06. The van der Waals surface area contributed by atoms with E-state index in [1.54, 1.807) is 11.3 Å². The Morgan fingerprint density at radius 3 is 2.84 bits per heavy atom. The predicted octanol–water partition coefficient (Wildman–Crippen LogP) is 1.42. The van der Waals surface area contributed by atoms with E-state index in [1.807, 2.05) is 13.8 Å². The monoisotopic (exact) mass is 289 g/mol. The van der Waals surface area contributed by atoms with Crippen molar-refractivity contribution in [2.24, 2.45) is 0 Å². The van der Waals surface area contributed by atoms with Gasteiger partial charge in [0.2, 0.25) is 5.91 Å². The van der Waals surface area contributed by atoms with Crippen molar-refractivity contribution in [2.75, 3.05) is 13.1 Å². The topological polar surface area (TPSA) is 54.0 Å². The Labute approximate surface area is 114 Å². The first-order valence-corrected chi connectivity index (χ1v) is 7.01. The molecule has 1 aromatic rings. The number of rotatable bonds is 4. The van der Waals surface area contributed by atoms with Crippen LogP contribution in [-0.4, -0.2) is 35.9 Å². The van der Waals surface area contributed by atoms with Crippen LogP contribution in [0, 0.1) is 13.8 Å². The predicted molar refractivity (Wildman–Crippen MR) is 69.7 cm³/mol. The molecule has 1 aromatic heterocycles. The standard InChI is InChI=1S/C12H17F2N3OS/c1-7-10(19-8(2)17-7)3-4-15-11(18)9-5-12(13,14)6-16-9/h9,16H,3-6H2,1-2H3,(H,15,18). The summed E-state index contributed by atoms with van der Waals surface area (Å²) in [5.74, 6) is -3.12. The van der Waals surface area contributed by atoms with Gasteiger partial charge in [-0.1, -0.05) is 0 Å². The number of alkyl halides is 2. The Balaban J connectivity index is 1.77. The third-order valence-electron chi connectivity index (χ3n) is 3.08. The molecule has 1 saturated heterocycles. The van der Waals surface area contributed by atoms with Crippen LogP contribution in [0.15, 0.2) is 0 Å². The fraction of sp³-hybridized carbons (Fsp3) is 0.667. The largest absolute Gasteiger partial charge is 0.354 e. The summed E-state index contributed by atoms with van der Waals surface area (Å²) >= 11 is 1.60. The van der Waals surface area contributed by atoms with E-state index in [1.165, 1.54) is 0 Å². The first-order valence-electron chi connectivity index (χ1n) is 6.19. The number of carbonyl (C=O) groups excluding carboxylic acids is 1. The molecule has 1 unspecified atom stereocenters. The van der Waals surface area contributed by atoms with Gasteiger partial charge in [0, 0.05) is 24.3 Å². The van der Waals surface area contributed by atoms with E-state index in [-0.39, 0.29) is 5.91 Å². The van der Waals surface area contributed by atoms with Crippen LogP contribution in [0.25, 0.3) is 0 Å². The fourth-order valence-electron chi connectivity index (χ4n) is 2.13. The molecule has 1 atom stereocenters. The molecule has 2 heterocycles. The molecule has 0 spiro atoms. The molecular formula is C12H17F2N3OS. The van der Waals surface area contributed by atoms with Crippen molar-refractivity contribution in [2.45, 2.75) is 38.7 Å². The molecule has 4 nitrogen and oxygen atoms in total. The highest BCUT2D eigenvalue weighted by molar-refractivity contribution is 7.11. The molecular weight excluding hydrogens is 272 g/mol. The lowest BCUT2D eigenvalue weighted by atomic mass is 10.2. The third kappa shape index (κ3) is 3.70. The van der Waals surface area contributed by atoms with E-state index in [4.69, 9.17) is 0 Å². The number of thiazole rings is 1. The number of hydrogen-bond donors (Lipinski definition) is 2. The van der Waals surface area contributed by atoms with Crippen LogP contribution >= 0.6 is 11.3 Å². The van der Waals surface area contributed by atoms with Crippen LogP contribution in [0.2, 0.25) is 0 Å². The van der Waals surface area contributed by atoms with Crippen molar-refractivity contribution in [1.29, 1.82) is 0 Å². The zero-order valence-corrected chi connectivity index (χ0v) is 11.7. The van der Waals surface area contributed by atoms with Gasteiger partial charge in [0.15, 0.2) is 0 Å². The molecule has 1 amide bonds. The molecule has 0 aromatic carbocycles. The van der Waals surface area contributed by atoms with Crippen LogP contribution in [0.5, 0.6) is 0 Å². The minimum absolute atomic E-state index is 0.351. The van der Waals surface area contributed by atoms with Crippen LogP contribution in [-0.2, 0) is 11.2 Å². The molecule has 1 aliphatic rings. The molecule has 7 heteroatoms. The van der Waals surface area contributed by atoms with E-state index in [9.17, 15) is 13.6 Å². The highest BCUT2D eigenvalue weighted by atomic mass is 32.1. The molecule has 0 saturated carbocycles. The molecule has 0 radical (unpaired) electrons. The highest BCUT2D eigenvalue weighted by Gasteiger charge is 2.42. The summed E-state index contributed by atoms with van der Waals surface area (Å²) in [5, 5.41) is 6.23. The fourth-order valence-corrected chi connectivity index (χ4v) is 3.07. The summed E-state index contributed by atoms with van der Waals surface area (Å²) in [4.78, 5) is 17.1. The minimum atomic E-state index is -2.77. The van der Waals surface area contributed by atoms with E-state index in [2.05, 4.69) is 15.6 Å². The van der Waals surface area contributed by atoms with Crippen LogP contribution in [0.4, 0.5) is 8.78 Å². The lowest BCUT2D eigenvalue weighted by molar-refractivity contribution is -0.123. The summed E-state index contributed by atoms with van der Waals surface area (Å²) in [6, 6.07) is -0.778. The number of aromatic nitrogens is 1. The molecule has 2 N–H and O–H groups in total. The first kappa shape index (κ1) is 14.3. The maximum absolute atomic E-state index is 12.9. The average molecular weight is 289 g/mol. The van der Waals surface area contributed by atoms with E-state index < -0.39 is 24.9 Å². The maximum atomic E-state index is 12.9. The van der Waals surface area contributed by atoms with Gasteiger partial charge in [-0.2, -0.15) is 0 Å². The van der Waals surface area contributed by atoms with E-state index in [0.29, 0.717) is 13.0 Å². The number of amides is 1. The van der Waals surface area contributed by atoms with Crippen molar-refractivity contribution in [3.8, 4) is 0 Å². The van der Waals surface area contributed by atoms with Gasteiger partial charge in [-0.25, -0.2) is 13.8 Å². The molecule has 2 rings (SSSR count). The Bertz CT molecular complexity index is 476. The van der Waals surface area contributed by atoms with Crippen LogP contribution in [0.1, 0.15) is 22.0 Å². The Hall–Kier alpha value is -1.08. The second kappa shape index (κ2) is 5.50. The van der Waals surface area contributed by atoms with Gasteiger partial charge >= 0.3 is 0 Å². The van der Waals surface area contributed by atoms with Gasteiger partial charge in [-0.05, 0) is 13.8 Å². The molecule has 106 valence electrons. The Kier molecular flexibility index (Phi) is 4.15. The molecule has 0 bridgehead atoms. The van der Waals surface area contributed by atoms with Crippen molar-refractivity contribution < 1.29 is 13.6 Å². The van der Waals surface area contributed by atoms with Crippen LogP contribution < -0.4 is 10.6 Å². The normalized spacial score (nSPS) is 21.6. The summed E-state index contributed by atoms with van der Waals surface area (Å²) in [5.41, 5.74) is 0.974. The van der Waals surface area contributed by atoms with Gasteiger partial charge < -0.3 is 5.32 Å². The van der Waals surface area contributed by atoms with Gasteiger partial charge in [0.1, 0.15) is 0 Å². The van der Waals surface area contributed by atoms with Crippen molar-refractivity contribution in [3.05, 3.63) is 15.6 Å². The third-order valence-corrected chi connectivity index (χ3v) is 4.21. The summed E-state index contributed by atoms with van der Waals surface area (Å²) in [7, 11) is 0. The number of nitrogens with zero attached hydrogens (tertiary/aromatic N) is 1. The highest BCUT2D eigenvalue weighted by Crippen LogP contribution is 2.25. The zero-order chi connectivity index (χ0) is 14.0. The number of aryl methyl sites for hydroxylation is 2. The van der Waals surface area contributed by atoms with Gasteiger partial charge in [-0.3, -0.25) is 10.1 Å². The number of hydrogen-bond acceptors (Lipinski definition) is 4. The zero-order valence-electron chi connectivity index (χ0n) is 10.9. The van der Waals surface area contributed by atoms with Crippen molar-refractivity contribution >= 4 is 17.2 Å². The lowest BCUT2D eigenvalue weighted by Crippen LogP contribution is -2.41. The SMILES string of the molecule is Cc1nc(C)c(CCNC(=O)C2CC(F)(F)CN2)s1. The molecule has 0 aliphatic carbocycles. The van der Waals surface area contributed by atoms with E-state index >= 15 is 0 Å². The van der Waals surface area contributed by atoms with Crippen molar-refractivity contribution in [1.82, 2.24) is 15.6 Å². The van der Waals surface area contributed by atoms with Gasteiger partial charge in [0.25, 0.3) is 5.92 Å². The van der Waals surface area contributed by atoms with Crippen LogP contribution in [0.3, 0.4) is 0 Å². The average Bonchev–Trinajstić information content (AvgIpc) is 2.82. The number of carbonyl (C=O) groups is 1. The summed E-state index contributed by atoms with van der Waals surface area (Å²) < 4.78 is 25.9. The number of halogens is 2. The second-order valence-electron chi connectivity index (χ2n) is 4.78. The minimum Gasteiger partial charge on any atom is -0.354 e. The van der Waals surface area contributed by atoms with Gasteiger partial charge in [-0.15, -0.1) is 11.3 Å². The number of nitrogens with one attached hydrogen (secondary N) is 2. The maximum Gasteiger partial charge on any atom is 0.262 e. The summed E-state index contributed by atoms with van der Waals surface area (Å²) in [6.45, 7) is 3.90. The first-order chi connectivity index (χ1) is 8.87. The smallest absolute Gasteiger partial charge is 0.262 e. The van der Waals surface area contributed by atoms with E-state index in [0.717, 1.165) is 15.6 Å². The molecule has 19 heavy (non-hydrogen) atoms. The summed E-state index contributed by atoms with van der Waals surface area (Å²) in [6.07, 6.45) is 0.268. The Morgan fingerprint density at radius 2 is 2.32 bits per heavy atom. The van der Waals surface area contributed by atoms with Gasteiger partial charge in [0.05, 0.1) is 23.3 Å². The lowest BCUT2D eigenvalue weighted by Gasteiger charge is -2.10. The molecule has 1 fully saturated rings. The molecule has 1 aliphatic heterocycles. The Morgan fingerprint density at radius 1 is 1.58 bits per heavy atom.